The van der Waals surface area contributed by atoms with Crippen molar-refractivity contribution in [2.24, 2.45) is 0 Å². The number of halogens is 1. The largest absolute Gasteiger partial charge is 0.497 e. The van der Waals surface area contributed by atoms with Gasteiger partial charge in [0.25, 0.3) is 0 Å². The second kappa shape index (κ2) is 10.4. The first-order valence-corrected chi connectivity index (χ1v) is 11.1. The van der Waals surface area contributed by atoms with Gasteiger partial charge in [-0.15, -0.1) is 0 Å². The van der Waals surface area contributed by atoms with Crippen molar-refractivity contribution < 1.29 is 9.13 Å². The molecule has 3 aromatic heterocycles. The lowest BCUT2D eigenvalue weighted by Gasteiger charge is -2.13. The maximum atomic E-state index is 13.6. The average Bonchev–Trinajstić information content (AvgIpc) is 3.28. The highest BCUT2D eigenvalue weighted by Crippen LogP contribution is 2.18. The monoisotopic (exact) mass is 432 g/mol. The molecular formula is C26H29FN4O. The van der Waals surface area contributed by atoms with Gasteiger partial charge in [-0.1, -0.05) is 24.3 Å². The van der Waals surface area contributed by atoms with Gasteiger partial charge in [0.2, 0.25) is 0 Å². The third-order valence-electron chi connectivity index (χ3n) is 5.79. The van der Waals surface area contributed by atoms with Gasteiger partial charge in [0.15, 0.2) is 5.95 Å². The number of hydrogen-bond donors (Lipinski definition) is 1. The molecular weight excluding hydrogens is 403 g/mol. The number of fused-ring (bicyclic) bond motifs is 2. The van der Waals surface area contributed by atoms with Crippen LogP contribution in [0.3, 0.4) is 0 Å². The number of imidazole rings is 1. The lowest BCUT2D eigenvalue weighted by molar-refractivity contribution is 0.414. The Balaban J connectivity index is 0.000000203. The summed E-state index contributed by atoms with van der Waals surface area (Å²) < 4.78 is 20.2. The molecule has 0 spiro atoms. The zero-order valence-corrected chi connectivity index (χ0v) is 18.6. The number of nitrogens with zero attached hydrogens (tertiary/aromatic N) is 3. The lowest BCUT2D eigenvalue weighted by Crippen LogP contribution is -2.18. The molecule has 5 rings (SSSR count). The van der Waals surface area contributed by atoms with Gasteiger partial charge in [-0.05, 0) is 74.1 Å². The van der Waals surface area contributed by atoms with E-state index in [4.69, 9.17) is 4.74 Å². The summed E-state index contributed by atoms with van der Waals surface area (Å²) in [5.41, 5.74) is 5.39. The summed E-state index contributed by atoms with van der Waals surface area (Å²) in [5, 5.41) is 3.39. The highest BCUT2D eigenvalue weighted by Gasteiger charge is 2.09. The second-order valence-corrected chi connectivity index (χ2v) is 8.00. The molecule has 0 unspecified atom stereocenters. The van der Waals surface area contributed by atoms with Crippen molar-refractivity contribution in [3.8, 4) is 5.75 Å². The molecule has 0 saturated carbocycles. The molecule has 1 aliphatic carbocycles. The number of aromatic nitrogens is 3. The first-order chi connectivity index (χ1) is 15.6. The molecule has 0 radical (unpaired) electrons. The molecule has 1 atom stereocenters. The summed E-state index contributed by atoms with van der Waals surface area (Å²) in [6.07, 6.45) is 8.71. The van der Waals surface area contributed by atoms with E-state index in [0.717, 1.165) is 17.0 Å². The molecule has 1 N–H and O–H groups in total. The minimum Gasteiger partial charge on any atom is -0.497 e. The molecule has 1 aliphatic rings. The zero-order valence-electron chi connectivity index (χ0n) is 18.6. The van der Waals surface area contributed by atoms with E-state index in [0.29, 0.717) is 12.2 Å². The molecule has 0 amide bonds. The van der Waals surface area contributed by atoms with Crippen molar-refractivity contribution in [2.45, 2.75) is 45.2 Å². The van der Waals surface area contributed by atoms with Crippen LogP contribution in [0.15, 0.2) is 67.0 Å². The van der Waals surface area contributed by atoms with E-state index in [1.54, 1.807) is 25.4 Å². The maximum absolute atomic E-state index is 13.6. The highest BCUT2D eigenvalue weighted by atomic mass is 19.1. The minimum atomic E-state index is -0.306. The predicted octanol–water partition coefficient (Wildman–Crippen LogP) is 5.29. The molecule has 3 heterocycles. The molecule has 166 valence electrons. The van der Waals surface area contributed by atoms with Gasteiger partial charge in [0.1, 0.15) is 11.4 Å². The summed E-state index contributed by atoms with van der Waals surface area (Å²) in [6, 6.07) is 17.2. The van der Waals surface area contributed by atoms with Crippen LogP contribution < -0.4 is 10.1 Å². The molecule has 32 heavy (non-hydrogen) atoms. The number of hydrogen-bond acceptors (Lipinski definition) is 4. The number of ether oxygens (including phenoxy) is 1. The molecule has 1 aromatic carbocycles. The van der Waals surface area contributed by atoms with E-state index in [-0.39, 0.29) is 12.0 Å². The van der Waals surface area contributed by atoms with Crippen LogP contribution in [-0.2, 0) is 19.4 Å². The summed E-state index contributed by atoms with van der Waals surface area (Å²) in [4.78, 5) is 8.73. The van der Waals surface area contributed by atoms with E-state index in [2.05, 4.69) is 28.3 Å². The Kier molecular flexibility index (Phi) is 7.12. The SMILES string of the molecule is COc1ccc([C@H](C)NCc2cn3c(F)cccc3n2)cc1.c1cnc2c(c1)CCCC2. The number of pyridine rings is 2. The zero-order chi connectivity index (χ0) is 22.3. The van der Waals surface area contributed by atoms with Crippen molar-refractivity contribution in [1.29, 1.82) is 0 Å². The van der Waals surface area contributed by atoms with Gasteiger partial charge >= 0.3 is 0 Å². The molecule has 6 heteroatoms. The predicted molar refractivity (Wildman–Crippen MR) is 124 cm³/mol. The van der Waals surface area contributed by atoms with Gasteiger partial charge in [0.05, 0.1) is 12.8 Å². The van der Waals surface area contributed by atoms with E-state index >= 15 is 0 Å². The number of methoxy groups -OCH3 is 1. The third kappa shape index (κ3) is 5.32. The Hall–Kier alpha value is -3.25. The van der Waals surface area contributed by atoms with Crippen LogP contribution in [0, 0.1) is 5.95 Å². The third-order valence-corrected chi connectivity index (χ3v) is 5.79. The number of benzene rings is 1. The van der Waals surface area contributed by atoms with Gasteiger partial charge in [0, 0.05) is 30.7 Å². The normalized spacial score (nSPS) is 13.7. The lowest BCUT2D eigenvalue weighted by atomic mass is 9.96. The summed E-state index contributed by atoms with van der Waals surface area (Å²) in [7, 11) is 1.65. The first-order valence-electron chi connectivity index (χ1n) is 11.1. The highest BCUT2D eigenvalue weighted by molar-refractivity contribution is 5.39. The Morgan fingerprint density at radius 2 is 1.88 bits per heavy atom. The van der Waals surface area contributed by atoms with Gasteiger partial charge in [-0.25, -0.2) is 4.98 Å². The van der Waals surface area contributed by atoms with Crippen LogP contribution in [-0.4, -0.2) is 21.5 Å². The van der Waals surface area contributed by atoms with E-state index in [1.807, 2.05) is 36.5 Å². The minimum absolute atomic E-state index is 0.167. The summed E-state index contributed by atoms with van der Waals surface area (Å²) in [6.45, 7) is 2.66. The molecule has 4 aromatic rings. The first kappa shape index (κ1) is 22.0. The Morgan fingerprint density at radius 1 is 1.06 bits per heavy atom. The van der Waals surface area contributed by atoms with E-state index < -0.39 is 0 Å². The molecule has 0 fully saturated rings. The van der Waals surface area contributed by atoms with Gasteiger partial charge in [-0.2, -0.15) is 4.39 Å². The van der Waals surface area contributed by atoms with Crippen molar-refractivity contribution >= 4 is 5.65 Å². The van der Waals surface area contributed by atoms with Gasteiger partial charge in [-0.3, -0.25) is 9.38 Å². The molecule has 5 nitrogen and oxygen atoms in total. The quantitative estimate of drug-likeness (QED) is 0.435. The summed E-state index contributed by atoms with van der Waals surface area (Å²) in [5.74, 6) is 0.534. The fourth-order valence-electron chi connectivity index (χ4n) is 3.91. The van der Waals surface area contributed by atoms with Crippen molar-refractivity contribution in [3.05, 3.63) is 95.5 Å². The van der Waals surface area contributed by atoms with E-state index in [1.165, 1.54) is 47.4 Å². The van der Waals surface area contributed by atoms with Crippen LogP contribution in [0.2, 0.25) is 0 Å². The van der Waals surface area contributed by atoms with E-state index in [9.17, 15) is 4.39 Å². The maximum Gasteiger partial charge on any atom is 0.199 e. The van der Waals surface area contributed by atoms with Crippen LogP contribution in [0.5, 0.6) is 5.75 Å². The van der Waals surface area contributed by atoms with Crippen LogP contribution in [0.25, 0.3) is 5.65 Å². The Morgan fingerprint density at radius 3 is 2.62 bits per heavy atom. The van der Waals surface area contributed by atoms with Gasteiger partial charge < -0.3 is 10.1 Å². The Labute approximate surface area is 188 Å². The van der Waals surface area contributed by atoms with Crippen LogP contribution >= 0.6 is 0 Å². The van der Waals surface area contributed by atoms with Crippen molar-refractivity contribution in [1.82, 2.24) is 19.7 Å². The fourth-order valence-corrected chi connectivity index (χ4v) is 3.91. The average molecular weight is 433 g/mol. The Bertz CT molecular complexity index is 1130. The number of rotatable bonds is 5. The standard InChI is InChI=1S/C17H18FN3O.C9H11N/c1-12(13-6-8-15(22-2)9-7-13)19-10-14-11-21-16(18)4-3-5-17(21)20-14;1-2-6-9-8(4-1)5-3-7-10-9/h3-9,11-12,19H,10H2,1-2H3;3,5,7H,1-2,4,6H2/t12-;/m0./s1. The molecule has 0 saturated heterocycles. The van der Waals surface area contributed by atoms with Crippen molar-refractivity contribution in [3.63, 3.8) is 0 Å². The fraction of sp³-hybridized carbons (Fsp3) is 0.308. The topological polar surface area (TPSA) is 51.5 Å². The summed E-state index contributed by atoms with van der Waals surface area (Å²) >= 11 is 0. The molecule has 0 aliphatic heterocycles. The smallest absolute Gasteiger partial charge is 0.199 e. The van der Waals surface area contributed by atoms with Crippen LogP contribution in [0.4, 0.5) is 4.39 Å². The number of aryl methyl sites for hydroxylation is 2. The molecule has 0 bridgehead atoms. The van der Waals surface area contributed by atoms with Crippen molar-refractivity contribution in [2.75, 3.05) is 7.11 Å². The van der Waals surface area contributed by atoms with Crippen LogP contribution in [0.1, 0.15) is 48.3 Å². The number of nitrogens with one attached hydrogen (secondary N) is 1. The second-order valence-electron chi connectivity index (χ2n) is 8.00.